The van der Waals surface area contributed by atoms with Crippen molar-refractivity contribution in [1.29, 1.82) is 0 Å². The van der Waals surface area contributed by atoms with Gasteiger partial charge >= 0.3 is 0 Å². The van der Waals surface area contributed by atoms with Crippen LogP contribution in [0.15, 0.2) is 28.1 Å². The Hall–Kier alpha value is -1.99. The number of hydrogen-bond donors (Lipinski definition) is 0. The highest BCUT2D eigenvalue weighted by molar-refractivity contribution is 8.18. The van der Waals surface area contributed by atoms with Gasteiger partial charge in [-0.1, -0.05) is 45.1 Å². The number of unbranched alkanes of at least 4 members (excludes halogenated alkanes) is 5. The van der Waals surface area contributed by atoms with E-state index in [0.29, 0.717) is 30.5 Å². The molecule has 1 amide bonds. The molecule has 1 fully saturated rings. The predicted molar refractivity (Wildman–Crippen MR) is 122 cm³/mol. The second-order valence-corrected chi connectivity index (χ2v) is 8.45. The number of carbonyl (C=O) groups is 1. The molecule has 0 N–H and O–H groups in total. The molecule has 1 saturated heterocycles. The first-order chi connectivity index (χ1) is 14.7. The van der Waals surface area contributed by atoms with Gasteiger partial charge in [0.25, 0.3) is 5.91 Å². The van der Waals surface area contributed by atoms with Crippen molar-refractivity contribution < 1.29 is 19.0 Å². The third kappa shape index (κ3) is 6.51. The van der Waals surface area contributed by atoms with Gasteiger partial charge in [0, 0.05) is 13.1 Å². The number of hydrogen-bond acceptors (Lipinski definition) is 6. The minimum absolute atomic E-state index is 0.191. The van der Waals surface area contributed by atoms with Crippen molar-refractivity contribution in [2.75, 3.05) is 40.0 Å². The minimum atomic E-state index is -0.191. The van der Waals surface area contributed by atoms with Crippen LogP contribution in [0.5, 0.6) is 11.5 Å². The SMILES string of the molecule is CCCCCCCCOc1ccc(C=C2SC(N3CCOCC3)=NC2=O)cc1OC. The number of thioether (sulfide) groups is 1. The highest BCUT2D eigenvalue weighted by Crippen LogP contribution is 2.33. The molecule has 2 aliphatic heterocycles. The molecule has 1 aromatic carbocycles. The van der Waals surface area contributed by atoms with Gasteiger partial charge in [0.2, 0.25) is 0 Å². The Morgan fingerprint density at radius 3 is 2.67 bits per heavy atom. The second kappa shape index (κ2) is 12.0. The van der Waals surface area contributed by atoms with E-state index in [4.69, 9.17) is 14.2 Å². The molecule has 0 radical (unpaired) electrons. The number of carbonyl (C=O) groups excluding carboxylic acids is 1. The Balaban J connectivity index is 1.55. The standard InChI is InChI=1S/C23H32N2O4S/c1-3-4-5-6-7-8-13-29-19-10-9-18(16-20(19)27-2)17-21-22(26)24-23(30-21)25-11-14-28-15-12-25/h9-10,16-17H,3-8,11-15H2,1-2H3. The van der Waals surface area contributed by atoms with Crippen LogP contribution in [0, 0.1) is 0 Å². The quantitative estimate of drug-likeness (QED) is 0.393. The molecular formula is C23H32N2O4S. The van der Waals surface area contributed by atoms with E-state index in [1.165, 1.54) is 43.9 Å². The lowest BCUT2D eigenvalue weighted by atomic mass is 10.1. The van der Waals surface area contributed by atoms with E-state index < -0.39 is 0 Å². The van der Waals surface area contributed by atoms with Gasteiger partial charge in [-0.3, -0.25) is 4.79 Å². The molecule has 0 saturated carbocycles. The number of amides is 1. The monoisotopic (exact) mass is 432 g/mol. The molecular weight excluding hydrogens is 400 g/mol. The van der Waals surface area contributed by atoms with E-state index in [0.717, 1.165) is 36.0 Å². The molecule has 1 aromatic rings. The number of rotatable bonds is 10. The number of amidine groups is 1. The Kier molecular flexibility index (Phi) is 9.08. The van der Waals surface area contributed by atoms with Crippen LogP contribution in [0.3, 0.4) is 0 Å². The summed E-state index contributed by atoms with van der Waals surface area (Å²) in [7, 11) is 1.64. The highest BCUT2D eigenvalue weighted by Gasteiger charge is 2.27. The topological polar surface area (TPSA) is 60.4 Å². The lowest BCUT2D eigenvalue weighted by molar-refractivity contribution is -0.113. The minimum Gasteiger partial charge on any atom is -0.493 e. The summed E-state index contributed by atoms with van der Waals surface area (Å²) >= 11 is 1.42. The zero-order valence-electron chi connectivity index (χ0n) is 18.0. The number of methoxy groups -OCH3 is 1. The van der Waals surface area contributed by atoms with Crippen LogP contribution in [0.2, 0.25) is 0 Å². The fraction of sp³-hybridized carbons (Fsp3) is 0.565. The van der Waals surface area contributed by atoms with Crippen molar-refractivity contribution in [3.05, 3.63) is 28.7 Å². The maximum Gasteiger partial charge on any atom is 0.286 e. The van der Waals surface area contributed by atoms with Gasteiger partial charge in [0.05, 0.1) is 31.8 Å². The number of nitrogens with zero attached hydrogens (tertiary/aromatic N) is 2. The molecule has 2 aliphatic rings. The molecule has 0 unspecified atom stereocenters. The fourth-order valence-electron chi connectivity index (χ4n) is 3.40. The van der Waals surface area contributed by atoms with Crippen LogP contribution in [0.25, 0.3) is 6.08 Å². The van der Waals surface area contributed by atoms with Crippen molar-refractivity contribution in [2.45, 2.75) is 45.4 Å². The van der Waals surface area contributed by atoms with Crippen LogP contribution in [0.4, 0.5) is 0 Å². The van der Waals surface area contributed by atoms with E-state index in [9.17, 15) is 4.79 Å². The summed E-state index contributed by atoms with van der Waals surface area (Å²) in [6.07, 6.45) is 9.25. The van der Waals surface area contributed by atoms with Gasteiger partial charge in [-0.15, -0.1) is 0 Å². The van der Waals surface area contributed by atoms with Crippen LogP contribution in [0.1, 0.15) is 51.0 Å². The Bertz CT molecular complexity index is 772. The largest absolute Gasteiger partial charge is 0.493 e. The Morgan fingerprint density at radius 2 is 1.90 bits per heavy atom. The lowest BCUT2D eigenvalue weighted by Gasteiger charge is -2.27. The first kappa shape index (κ1) is 22.7. The zero-order valence-corrected chi connectivity index (χ0v) is 18.8. The molecule has 0 aliphatic carbocycles. The van der Waals surface area contributed by atoms with E-state index in [2.05, 4.69) is 16.8 Å². The molecule has 2 heterocycles. The average Bonchev–Trinajstić information content (AvgIpc) is 3.14. The summed E-state index contributed by atoms with van der Waals surface area (Å²) in [5.74, 6) is 1.23. The van der Waals surface area contributed by atoms with Gasteiger partial charge in [0.1, 0.15) is 0 Å². The summed E-state index contributed by atoms with van der Waals surface area (Å²) in [5, 5.41) is 0.764. The van der Waals surface area contributed by atoms with E-state index in [-0.39, 0.29) is 5.91 Å². The summed E-state index contributed by atoms with van der Waals surface area (Å²) in [6.45, 7) is 5.80. The maximum atomic E-state index is 12.3. The van der Waals surface area contributed by atoms with Crippen molar-refractivity contribution in [3.63, 3.8) is 0 Å². The normalized spacial score (nSPS) is 18.1. The molecule has 6 nitrogen and oxygen atoms in total. The Morgan fingerprint density at radius 1 is 1.13 bits per heavy atom. The molecule has 3 rings (SSSR count). The second-order valence-electron chi connectivity index (χ2n) is 7.44. The predicted octanol–water partition coefficient (Wildman–Crippen LogP) is 4.74. The smallest absolute Gasteiger partial charge is 0.286 e. The molecule has 164 valence electrons. The Labute approximate surface area is 183 Å². The van der Waals surface area contributed by atoms with Crippen LogP contribution < -0.4 is 9.47 Å². The van der Waals surface area contributed by atoms with Crippen LogP contribution >= 0.6 is 11.8 Å². The lowest BCUT2D eigenvalue weighted by Crippen LogP contribution is -2.38. The van der Waals surface area contributed by atoms with Gasteiger partial charge in [0.15, 0.2) is 16.7 Å². The third-order valence-electron chi connectivity index (χ3n) is 5.13. The van der Waals surface area contributed by atoms with E-state index in [1.807, 2.05) is 24.3 Å². The van der Waals surface area contributed by atoms with Crippen LogP contribution in [-0.4, -0.2) is 56.0 Å². The number of benzene rings is 1. The molecule has 0 bridgehead atoms. The van der Waals surface area contributed by atoms with Gasteiger partial charge < -0.3 is 19.1 Å². The van der Waals surface area contributed by atoms with Gasteiger partial charge in [-0.05, 0) is 42.0 Å². The third-order valence-corrected chi connectivity index (χ3v) is 6.18. The van der Waals surface area contributed by atoms with Crippen molar-refractivity contribution in [1.82, 2.24) is 4.90 Å². The number of aliphatic imine (C=N–C) groups is 1. The van der Waals surface area contributed by atoms with Crippen molar-refractivity contribution in [2.24, 2.45) is 4.99 Å². The molecule has 30 heavy (non-hydrogen) atoms. The molecule has 0 atom stereocenters. The average molecular weight is 433 g/mol. The molecule has 0 aromatic heterocycles. The van der Waals surface area contributed by atoms with Gasteiger partial charge in [-0.25, -0.2) is 0 Å². The summed E-state index contributed by atoms with van der Waals surface area (Å²) in [6, 6.07) is 5.77. The molecule has 7 heteroatoms. The first-order valence-corrected chi connectivity index (χ1v) is 11.7. The fourth-order valence-corrected chi connectivity index (χ4v) is 4.36. The zero-order chi connectivity index (χ0) is 21.2. The number of ether oxygens (including phenoxy) is 3. The van der Waals surface area contributed by atoms with E-state index in [1.54, 1.807) is 7.11 Å². The van der Waals surface area contributed by atoms with Crippen molar-refractivity contribution >= 4 is 28.9 Å². The maximum absolute atomic E-state index is 12.3. The first-order valence-electron chi connectivity index (χ1n) is 10.9. The number of morpholine rings is 1. The van der Waals surface area contributed by atoms with Gasteiger partial charge in [-0.2, -0.15) is 4.99 Å². The molecule has 0 spiro atoms. The highest BCUT2D eigenvalue weighted by atomic mass is 32.2. The van der Waals surface area contributed by atoms with E-state index >= 15 is 0 Å². The summed E-state index contributed by atoms with van der Waals surface area (Å²) in [5.41, 5.74) is 0.896. The van der Waals surface area contributed by atoms with Crippen molar-refractivity contribution in [3.8, 4) is 11.5 Å². The summed E-state index contributed by atoms with van der Waals surface area (Å²) < 4.78 is 16.8. The summed E-state index contributed by atoms with van der Waals surface area (Å²) in [4.78, 5) is 19.3. The van der Waals surface area contributed by atoms with Crippen LogP contribution in [-0.2, 0) is 9.53 Å².